The van der Waals surface area contributed by atoms with Crippen molar-refractivity contribution in [3.8, 4) is 11.1 Å². The molecule has 0 unspecified atom stereocenters. The van der Waals surface area contributed by atoms with Crippen molar-refractivity contribution < 1.29 is 4.39 Å². The highest BCUT2D eigenvalue weighted by molar-refractivity contribution is 5.62. The first-order valence-corrected chi connectivity index (χ1v) is 6.38. The zero-order valence-corrected chi connectivity index (χ0v) is 11.0. The van der Waals surface area contributed by atoms with Crippen LogP contribution in [0.25, 0.3) is 11.1 Å². The molecule has 0 spiro atoms. The van der Waals surface area contributed by atoms with Gasteiger partial charge in [0.05, 0.1) is 5.69 Å². The molecular weight excluding hydrogens is 249 g/mol. The molecule has 0 radical (unpaired) electrons. The van der Waals surface area contributed by atoms with Crippen molar-refractivity contribution in [2.24, 2.45) is 0 Å². The van der Waals surface area contributed by atoms with Crippen LogP contribution in [0.15, 0.2) is 84.9 Å². The van der Waals surface area contributed by atoms with Gasteiger partial charge < -0.3 is 5.73 Å². The molecule has 2 N–H and O–H groups in total. The minimum absolute atomic E-state index is 0.201. The number of para-hydroxylation sites is 1. The number of benzene rings is 3. The summed E-state index contributed by atoms with van der Waals surface area (Å²) in [5.41, 5.74) is 7.90. The van der Waals surface area contributed by atoms with Gasteiger partial charge in [-0.15, -0.1) is 0 Å². The fraction of sp³-hybridized carbons (Fsp3) is 0. The van der Waals surface area contributed by atoms with Crippen molar-refractivity contribution in [1.82, 2.24) is 0 Å². The van der Waals surface area contributed by atoms with Gasteiger partial charge in [-0.05, 0) is 23.3 Å². The Morgan fingerprint density at radius 2 is 0.950 bits per heavy atom. The minimum atomic E-state index is -0.354. The van der Waals surface area contributed by atoms with E-state index in [1.807, 2.05) is 12.1 Å². The SMILES string of the molecule is Nc1ccccc1F.c1ccc(-c2ccccc2)cc1. The number of nitrogens with two attached hydrogens (primary N) is 1. The molecule has 100 valence electrons. The molecule has 2 heteroatoms. The van der Waals surface area contributed by atoms with E-state index in [1.54, 1.807) is 12.1 Å². The lowest BCUT2D eigenvalue weighted by Crippen LogP contribution is -1.86. The summed E-state index contributed by atoms with van der Waals surface area (Å²) in [4.78, 5) is 0. The van der Waals surface area contributed by atoms with Gasteiger partial charge in [0, 0.05) is 0 Å². The van der Waals surface area contributed by atoms with E-state index >= 15 is 0 Å². The van der Waals surface area contributed by atoms with E-state index in [-0.39, 0.29) is 11.5 Å². The van der Waals surface area contributed by atoms with Crippen LogP contribution in [-0.2, 0) is 0 Å². The summed E-state index contributed by atoms with van der Waals surface area (Å²) >= 11 is 0. The summed E-state index contributed by atoms with van der Waals surface area (Å²) in [6, 6.07) is 26.9. The van der Waals surface area contributed by atoms with E-state index in [9.17, 15) is 4.39 Å². The van der Waals surface area contributed by atoms with Crippen LogP contribution in [0.4, 0.5) is 10.1 Å². The summed E-state index contributed by atoms with van der Waals surface area (Å²) in [6.07, 6.45) is 0. The Bertz CT molecular complexity index is 577. The highest BCUT2D eigenvalue weighted by Gasteiger charge is 1.92. The van der Waals surface area contributed by atoms with Gasteiger partial charge in [0.2, 0.25) is 0 Å². The van der Waals surface area contributed by atoms with Gasteiger partial charge in [-0.2, -0.15) is 0 Å². The van der Waals surface area contributed by atoms with Crippen LogP contribution in [0.3, 0.4) is 0 Å². The molecule has 3 rings (SSSR count). The normalized spacial score (nSPS) is 9.45. The van der Waals surface area contributed by atoms with Gasteiger partial charge in [0.1, 0.15) is 5.82 Å². The van der Waals surface area contributed by atoms with Crippen molar-refractivity contribution in [2.75, 3.05) is 5.73 Å². The topological polar surface area (TPSA) is 26.0 Å². The van der Waals surface area contributed by atoms with Gasteiger partial charge >= 0.3 is 0 Å². The second-order valence-corrected chi connectivity index (χ2v) is 4.25. The molecule has 0 saturated heterocycles. The van der Waals surface area contributed by atoms with Crippen molar-refractivity contribution in [1.29, 1.82) is 0 Å². The molecule has 1 nitrogen and oxygen atoms in total. The van der Waals surface area contributed by atoms with Crippen molar-refractivity contribution in [3.05, 3.63) is 90.7 Å². The number of hydrogen-bond donors (Lipinski definition) is 1. The predicted octanol–water partition coefficient (Wildman–Crippen LogP) is 4.76. The molecule has 0 aromatic heterocycles. The maximum atomic E-state index is 12.2. The Labute approximate surface area is 118 Å². The fourth-order valence-electron chi connectivity index (χ4n) is 1.74. The van der Waals surface area contributed by atoms with Crippen molar-refractivity contribution in [3.63, 3.8) is 0 Å². The second-order valence-electron chi connectivity index (χ2n) is 4.25. The summed E-state index contributed by atoms with van der Waals surface area (Å²) < 4.78 is 12.2. The molecule has 0 heterocycles. The van der Waals surface area contributed by atoms with Crippen LogP contribution in [0.2, 0.25) is 0 Å². The molecule has 0 bridgehead atoms. The Morgan fingerprint density at radius 1 is 0.550 bits per heavy atom. The first-order chi connectivity index (χ1) is 9.77. The van der Waals surface area contributed by atoms with E-state index in [1.165, 1.54) is 23.3 Å². The standard InChI is InChI=1S/C12H10.C6H6FN/c1-3-7-11(8-4-1)12-9-5-2-6-10-12;7-5-3-1-2-4-6(5)8/h1-10H;1-4H,8H2. The Kier molecular flexibility index (Phi) is 4.90. The first-order valence-electron chi connectivity index (χ1n) is 6.38. The quantitative estimate of drug-likeness (QED) is 0.631. The van der Waals surface area contributed by atoms with Crippen molar-refractivity contribution >= 4 is 5.69 Å². The van der Waals surface area contributed by atoms with Gasteiger partial charge in [0.25, 0.3) is 0 Å². The molecule has 0 aliphatic heterocycles. The minimum Gasteiger partial charge on any atom is -0.396 e. The second kappa shape index (κ2) is 7.10. The van der Waals surface area contributed by atoms with Gasteiger partial charge in [-0.3, -0.25) is 0 Å². The maximum Gasteiger partial charge on any atom is 0.146 e. The van der Waals surface area contributed by atoms with E-state index in [0.717, 1.165) is 0 Å². The van der Waals surface area contributed by atoms with Crippen LogP contribution in [0, 0.1) is 5.82 Å². The highest BCUT2D eigenvalue weighted by atomic mass is 19.1. The molecule has 0 fully saturated rings. The molecule has 20 heavy (non-hydrogen) atoms. The average molecular weight is 265 g/mol. The Balaban J connectivity index is 0.000000160. The Morgan fingerprint density at radius 3 is 1.30 bits per heavy atom. The van der Waals surface area contributed by atoms with E-state index in [0.29, 0.717) is 0 Å². The number of anilines is 1. The fourth-order valence-corrected chi connectivity index (χ4v) is 1.74. The summed E-state index contributed by atoms with van der Waals surface area (Å²) in [5, 5.41) is 0. The van der Waals surface area contributed by atoms with Crippen LogP contribution in [-0.4, -0.2) is 0 Å². The highest BCUT2D eigenvalue weighted by Crippen LogP contribution is 2.17. The third-order valence-electron chi connectivity index (χ3n) is 2.79. The lowest BCUT2D eigenvalue weighted by Gasteiger charge is -1.98. The maximum absolute atomic E-state index is 12.2. The molecule has 0 atom stereocenters. The summed E-state index contributed by atoms with van der Waals surface area (Å²) in [7, 11) is 0. The largest absolute Gasteiger partial charge is 0.396 e. The third kappa shape index (κ3) is 3.95. The van der Waals surface area contributed by atoms with Gasteiger partial charge in [-0.1, -0.05) is 72.8 Å². The molecule has 3 aromatic carbocycles. The third-order valence-corrected chi connectivity index (χ3v) is 2.79. The van der Waals surface area contributed by atoms with Crippen molar-refractivity contribution in [2.45, 2.75) is 0 Å². The van der Waals surface area contributed by atoms with E-state index in [4.69, 9.17) is 5.73 Å². The number of nitrogen functional groups attached to an aromatic ring is 1. The lowest BCUT2D eigenvalue weighted by atomic mass is 10.1. The van der Waals surface area contributed by atoms with Crippen LogP contribution >= 0.6 is 0 Å². The van der Waals surface area contributed by atoms with E-state index in [2.05, 4.69) is 48.5 Å². The number of hydrogen-bond acceptors (Lipinski definition) is 1. The Hall–Kier alpha value is -2.61. The van der Waals surface area contributed by atoms with Gasteiger partial charge in [-0.25, -0.2) is 4.39 Å². The van der Waals surface area contributed by atoms with Gasteiger partial charge in [0.15, 0.2) is 0 Å². The summed E-state index contributed by atoms with van der Waals surface area (Å²) in [6.45, 7) is 0. The van der Waals surface area contributed by atoms with Crippen LogP contribution < -0.4 is 5.73 Å². The average Bonchev–Trinajstić information content (AvgIpc) is 2.53. The number of rotatable bonds is 1. The zero-order chi connectivity index (χ0) is 14.2. The molecule has 0 amide bonds. The number of halogens is 1. The molecule has 3 aromatic rings. The van der Waals surface area contributed by atoms with Crippen LogP contribution in [0.1, 0.15) is 0 Å². The smallest absolute Gasteiger partial charge is 0.146 e. The molecular formula is C18H16FN. The summed E-state index contributed by atoms with van der Waals surface area (Å²) in [5.74, 6) is -0.354. The first kappa shape index (κ1) is 13.8. The predicted molar refractivity (Wildman–Crippen MR) is 82.7 cm³/mol. The zero-order valence-electron chi connectivity index (χ0n) is 11.0. The molecule has 0 saturated carbocycles. The lowest BCUT2D eigenvalue weighted by molar-refractivity contribution is 0.632. The molecule has 0 aliphatic carbocycles. The van der Waals surface area contributed by atoms with Crippen LogP contribution in [0.5, 0.6) is 0 Å². The monoisotopic (exact) mass is 265 g/mol. The molecule has 0 aliphatic rings. The van der Waals surface area contributed by atoms with E-state index < -0.39 is 0 Å².